The molecular formula is C27H31BrClN4O-. The Hall–Kier alpha value is -2.15. The summed E-state index contributed by atoms with van der Waals surface area (Å²) in [7, 11) is 0. The van der Waals surface area contributed by atoms with Crippen molar-refractivity contribution >= 4 is 27.3 Å². The first kappa shape index (κ1) is 25.0. The monoisotopic (exact) mass is 541 g/mol. The van der Waals surface area contributed by atoms with Crippen molar-refractivity contribution in [2.24, 2.45) is 0 Å². The van der Waals surface area contributed by atoms with E-state index in [2.05, 4.69) is 82.0 Å². The van der Waals surface area contributed by atoms with Crippen LogP contribution in [-0.2, 0) is 12.8 Å². The molecule has 180 valence electrons. The van der Waals surface area contributed by atoms with Crippen LogP contribution in [0.5, 0.6) is 0 Å². The van der Waals surface area contributed by atoms with Gasteiger partial charge in [0, 0.05) is 41.9 Å². The Bertz CT molecular complexity index is 1150. The van der Waals surface area contributed by atoms with Crippen molar-refractivity contribution in [1.82, 2.24) is 9.97 Å². The molecule has 0 saturated heterocycles. The van der Waals surface area contributed by atoms with Crippen LogP contribution in [0.3, 0.4) is 0 Å². The Labute approximate surface area is 216 Å². The maximum absolute atomic E-state index is 11.1. The van der Waals surface area contributed by atoms with Gasteiger partial charge in [-0.1, -0.05) is 28.1 Å². The minimum atomic E-state index is -0.436. The number of rotatable bonds is 5. The predicted molar refractivity (Wildman–Crippen MR) is 138 cm³/mol. The second-order valence-electron chi connectivity index (χ2n) is 9.28. The normalized spacial score (nSPS) is 15.9. The second-order valence-corrected chi connectivity index (χ2v) is 10.2. The number of aromatic nitrogens is 2. The van der Waals surface area contributed by atoms with Gasteiger partial charge in [-0.3, -0.25) is 9.97 Å². The van der Waals surface area contributed by atoms with Crippen LogP contribution in [0.15, 0.2) is 46.9 Å². The summed E-state index contributed by atoms with van der Waals surface area (Å²) in [4.78, 5) is 14.4. The fourth-order valence-electron chi connectivity index (χ4n) is 5.01. The van der Waals surface area contributed by atoms with Gasteiger partial charge in [-0.15, -0.1) is 0 Å². The molecule has 1 N–H and O–H groups in total. The molecule has 0 fully saturated rings. The van der Waals surface area contributed by atoms with Gasteiger partial charge in [0.1, 0.15) is 0 Å². The zero-order chi connectivity index (χ0) is 22.9. The molecule has 34 heavy (non-hydrogen) atoms. The molecule has 1 unspecified atom stereocenters. The van der Waals surface area contributed by atoms with Crippen molar-refractivity contribution in [1.29, 1.82) is 0 Å². The van der Waals surface area contributed by atoms with E-state index in [4.69, 9.17) is 9.97 Å². The van der Waals surface area contributed by atoms with Crippen molar-refractivity contribution in [3.8, 4) is 11.3 Å². The van der Waals surface area contributed by atoms with Crippen LogP contribution in [-0.4, -0.2) is 47.4 Å². The summed E-state index contributed by atoms with van der Waals surface area (Å²) in [6.45, 7) is 7.38. The molecular weight excluding hydrogens is 512 g/mol. The third-order valence-corrected chi connectivity index (χ3v) is 7.37. The molecule has 2 aliphatic rings. The SMILES string of the molecule is Cc1cc2c(nc1C)CCCN2CC(O)CN1CCCc2nc(-c3ccc(Br)cc3)ccc21.[Cl-]. The minimum Gasteiger partial charge on any atom is -1.00 e. The quantitative estimate of drug-likeness (QED) is 0.535. The van der Waals surface area contributed by atoms with E-state index in [9.17, 15) is 5.11 Å². The molecule has 3 aromatic rings. The van der Waals surface area contributed by atoms with Gasteiger partial charge in [0.2, 0.25) is 0 Å². The molecule has 2 aromatic heterocycles. The van der Waals surface area contributed by atoms with Gasteiger partial charge in [0.15, 0.2) is 0 Å². The van der Waals surface area contributed by atoms with Crippen molar-refractivity contribution in [3.05, 3.63) is 69.6 Å². The van der Waals surface area contributed by atoms with E-state index in [0.29, 0.717) is 13.1 Å². The summed E-state index contributed by atoms with van der Waals surface area (Å²) in [5.41, 5.74) is 9.12. The number of pyridine rings is 2. The van der Waals surface area contributed by atoms with Crippen LogP contribution in [0, 0.1) is 13.8 Å². The average Bonchev–Trinajstić information content (AvgIpc) is 2.81. The highest BCUT2D eigenvalue weighted by molar-refractivity contribution is 9.10. The fourth-order valence-corrected chi connectivity index (χ4v) is 5.27. The molecule has 0 aliphatic carbocycles. The van der Waals surface area contributed by atoms with E-state index in [-0.39, 0.29) is 12.4 Å². The lowest BCUT2D eigenvalue weighted by Gasteiger charge is -2.36. The number of aryl methyl sites for hydroxylation is 4. The molecule has 1 aromatic carbocycles. The topological polar surface area (TPSA) is 52.5 Å². The number of aliphatic hydroxyl groups excluding tert-OH is 1. The summed E-state index contributed by atoms with van der Waals surface area (Å²) in [6, 6.07) is 14.8. The van der Waals surface area contributed by atoms with E-state index in [1.165, 1.54) is 16.9 Å². The van der Waals surface area contributed by atoms with Crippen molar-refractivity contribution in [3.63, 3.8) is 0 Å². The van der Waals surface area contributed by atoms with Crippen LogP contribution in [0.2, 0.25) is 0 Å². The molecule has 0 radical (unpaired) electrons. The smallest absolute Gasteiger partial charge is 0.0889 e. The largest absolute Gasteiger partial charge is 1.00 e. The zero-order valence-corrected chi connectivity index (χ0v) is 22.1. The summed E-state index contributed by atoms with van der Waals surface area (Å²) >= 11 is 3.50. The highest BCUT2D eigenvalue weighted by atomic mass is 79.9. The van der Waals surface area contributed by atoms with Crippen LogP contribution in [0.4, 0.5) is 11.4 Å². The van der Waals surface area contributed by atoms with Gasteiger partial charge in [-0.25, -0.2) is 0 Å². The molecule has 4 heterocycles. The van der Waals surface area contributed by atoms with Gasteiger partial charge in [-0.05, 0) is 75.4 Å². The van der Waals surface area contributed by atoms with E-state index < -0.39 is 6.10 Å². The van der Waals surface area contributed by atoms with Crippen LogP contribution in [0.25, 0.3) is 11.3 Å². The molecule has 7 heteroatoms. The van der Waals surface area contributed by atoms with Crippen LogP contribution in [0.1, 0.15) is 35.5 Å². The zero-order valence-electron chi connectivity index (χ0n) is 19.8. The standard InChI is InChI=1S/C27H31BrN4O.ClH/c1-18-15-27-25(29-19(18)2)6-4-14-32(27)17-22(33)16-31-13-3-5-24-26(31)12-11-23(30-24)20-7-9-21(28)10-8-20;/h7-12,15,22,33H,3-6,13-14,16-17H2,1-2H3;1H/p-1. The van der Waals surface area contributed by atoms with Crippen molar-refractivity contribution < 1.29 is 17.5 Å². The van der Waals surface area contributed by atoms with Crippen molar-refractivity contribution in [2.45, 2.75) is 45.6 Å². The van der Waals surface area contributed by atoms with E-state index in [1.54, 1.807) is 0 Å². The maximum Gasteiger partial charge on any atom is 0.0889 e. The number of anilines is 2. The van der Waals surface area contributed by atoms with Gasteiger partial charge < -0.3 is 27.3 Å². The first-order chi connectivity index (χ1) is 16.0. The lowest BCUT2D eigenvalue weighted by Crippen LogP contribution is -3.00. The average molecular weight is 543 g/mol. The summed E-state index contributed by atoms with van der Waals surface area (Å²) in [5.74, 6) is 0. The fraction of sp³-hybridized carbons (Fsp3) is 0.407. The molecule has 0 spiro atoms. The summed E-state index contributed by atoms with van der Waals surface area (Å²) in [5, 5.41) is 11.1. The number of halogens is 2. The predicted octanol–water partition coefficient (Wildman–Crippen LogP) is 2.09. The molecule has 1 atom stereocenters. The third-order valence-electron chi connectivity index (χ3n) is 6.84. The van der Waals surface area contributed by atoms with Gasteiger partial charge in [0.05, 0.1) is 34.6 Å². The lowest BCUT2D eigenvalue weighted by atomic mass is 10.0. The highest BCUT2D eigenvalue weighted by Gasteiger charge is 2.25. The Morgan fingerprint density at radius 2 is 1.50 bits per heavy atom. The number of fused-ring (bicyclic) bond motifs is 2. The highest BCUT2D eigenvalue weighted by Crippen LogP contribution is 2.31. The number of benzene rings is 1. The number of β-amino-alcohol motifs (C(OH)–C–C–N with tert-alkyl or cyclic N) is 1. The maximum atomic E-state index is 11.1. The van der Waals surface area contributed by atoms with Gasteiger partial charge in [-0.2, -0.15) is 0 Å². The Balaban J connectivity index is 0.00000274. The number of nitrogens with zero attached hydrogens (tertiary/aromatic N) is 4. The van der Waals surface area contributed by atoms with E-state index in [0.717, 1.165) is 71.6 Å². The Kier molecular flexibility index (Phi) is 7.80. The minimum absolute atomic E-state index is 0. The molecule has 0 amide bonds. The first-order valence-electron chi connectivity index (χ1n) is 11.9. The van der Waals surface area contributed by atoms with Crippen LogP contribution >= 0.6 is 15.9 Å². The Morgan fingerprint density at radius 3 is 2.18 bits per heavy atom. The molecule has 0 saturated carbocycles. The molecule has 2 aliphatic heterocycles. The number of hydrogen-bond acceptors (Lipinski definition) is 5. The molecule has 0 bridgehead atoms. The third kappa shape index (κ3) is 5.24. The second kappa shape index (κ2) is 10.6. The van der Waals surface area contributed by atoms with Gasteiger partial charge >= 0.3 is 0 Å². The molecule has 5 rings (SSSR count). The number of hydrogen-bond donors (Lipinski definition) is 1. The summed E-state index contributed by atoms with van der Waals surface area (Å²) in [6.07, 6.45) is 3.72. The van der Waals surface area contributed by atoms with E-state index in [1.807, 2.05) is 0 Å². The number of aliphatic hydroxyl groups is 1. The van der Waals surface area contributed by atoms with E-state index >= 15 is 0 Å². The van der Waals surface area contributed by atoms with Crippen molar-refractivity contribution in [2.75, 3.05) is 36.0 Å². The molecule has 5 nitrogen and oxygen atoms in total. The lowest BCUT2D eigenvalue weighted by molar-refractivity contribution is -0.00000887. The van der Waals surface area contributed by atoms with Gasteiger partial charge in [0.25, 0.3) is 0 Å². The first-order valence-corrected chi connectivity index (χ1v) is 12.7. The van der Waals surface area contributed by atoms with Crippen LogP contribution < -0.4 is 22.2 Å². The Morgan fingerprint density at radius 1 is 0.882 bits per heavy atom. The summed E-state index contributed by atoms with van der Waals surface area (Å²) < 4.78 is 1.07.